The summed E-state index contributed by atoms with van der Waals surface area (Å²) >= 11 is 3.16. The van der Waals surface area contributed by atoms with Crippen LogP contribution in [0.2, 0.25) is 0 Å². The van der Waals surface area contributed by atoms with E-state index in [1.54, 1.807) is 12.1 Å². The molecule has 2 atom stereocenters. The molecule has 1 aromatic rings. The molecule has 0 radical (unpaired) electrons. The van der Waals surface area contributed by atoms with Gasteiger partial charge in [0, 0.05) is 16.2 Å². The van der Waals surface area contributed by atoms with Gasteiger partial charge < -0.3 is 15.7 Å². The number of carboxylic acid groups (broad SMARTS) is 1. The van der Waals surface area contributed by atoms with Crippen molar-refractivity contribution in [2.45, 2.75) is 32.2 Å². The molecule has 0 saturated heterocycles. The Labute approximate surface area is 125 Å². The standard InChI is InChI=1S/C14H17BrN2O3/c1-2-3-8-6-12(8)17-14(20)16-9-4-5-11(15)10(7-9)13(18)19/h4-5,7-8,12H,2-3,6H2,1H3,(H,18,19)(H2,16,17,20). The largest absolute Gasteiger partial charge is 0.478 e. The van der Waals surface area contributed by atoms with Crippen LogP contribution in [0.1, 0.15) is 36.5 Å². The molecule has 2 rings (SSSR count). The first kappa shape index (κ1) is 14.8. The average molecular weight is 341 g/mol. The van der Waals surface area contributed by atoms with Gasteiger partial charge in [-0.2, -0.15) is 0 Å². The monoisotopic (exact) mass is 340 g/mol. The summed E-state index contributed by atoms with van der Waals surface area (Å²) in [6.07, 6.45) is 3.29. The number of carbonyl (C=O) groups is 2. The number of benzene rings is 1. The van der Waals surface area contributed by atoms with E-state index in [1.807, 2.05) is 0 Å². The third-order valence-electron chi connectivity index (χ3n) is 3.35. The normalized spacial score (nSPS) is 20.3. The number of nitrogens with one attached hydrogen (secondary N) is 2. The molecule has 1 aromatic carbocycles. The van der Waals surface area contributed by atoms with Gasteiger partial charge >= 0.3 is 12.0 Å². The Hall–Kier alpha value is -1.56. The molecule has 0 aliphatic heterocycles. The second-order valence-electron chi connectivity index (χ2n) is 4.99. The van der Waals surface area contributed by atoms with Gasteiger partial charge in [0.1, 0.15) is 0 Å². The van der Waals surface area contributed by atoms with Crippen molar-refractivity contribution in [1.29, 1.82) is 0 Å². The van der Waals surface area contributed by atoms with Crippen molar-refractivity contribution in [3.05, 3.63) is 28.2 Å². The lowest BCUT2D eigenvalue weighted by Gasteiger charge is -2.08. The molecule has 2 unspecified atom stereocenters. The van der Waals surface area contributed by atoms with Crippen molar-refractivity contribution >= 4 is 33.6 Å². The van der Waals surface area contributed by atoms with E-state index in [1.165, 1.54) is 6.07 Å². The predicted octanol–water partition coefficient (Wildman–Crippen LogP) is 3.46. The van der Waals surface area contributed by atoms with Crippen LogP contribution < -0.4 is 10.6 Å². The molecule has 0 aromatic heterocycles. The fourth-order valence-electron chi connectivity index (χ4n) is 2.22. The molecule has 0 spiro atoms. The highest BCUT2D eigenvalue weighted by Crippen LogP contribution is 2.34. The van der Waals surface area contributed by atoms with Gasteiger partial charge in [0.2, 0.25) is 0 Å². The van der Waals surface area contributed by atoms with E-state index in [2.05, 4.69) is 33.5 Å². The molecule has 3 N–H and O–H groups in total. The molecule has 0 bridgehead atoms. The Balaban J connectivity index is 1.92. The van der Waals surface area contributed by atoms with Crippen LogP contribution in [0.3, 0.4) is 0 Å². The average Bonchev–Trinajstić information content (AvgIpc) is 3.09. The number of urea groups is 1. The molecule has 20 heavy (non-hydrogen) atoms. The fourth-order valence-corrected chi connectivity index (χ4v) is 2.63. The number of hydrogen-bond donors (Lipinski definition) is 3. The SMILES string of the molecule is CCCC1CC1NC(=O)Nc1ccc(Br)c(C(=O)O)c1. The molecule has 6 heteroatoms. The van der Waals surface area contributed by atoms with Gasteiger partial charge in [-0.15, -0.1) is 0 Å². The van der Waals surface area contributed by atoms with Gasteiger partial charge in [-0.05, 0) is 52.9 Å². The fraction of sp³-hybridized carbons (Fsp3) is 0.429. The minimum atomic E-state index is -1.04. The molecule has 1 aliphatic carbocycles. The number of carbonyl (C=O) groups excluding carboxylic acids is 1. The van der Waals surface area contributed by atoms with Crippen LogP contribution in [-0.4, -0.2) is 23.1 Å². The molecule has 0 heterocycles. The van der Waals surface area contributed by atoms with Crippen molar-refractivity contribution < 1.29 is 14.7 Å². The highest BCUT2D eigenvalue weighted by molar-refractivity contribution is 9.10. The molecule has 108 valence electrons. The number of rotatable bonds is 5. The van der Waals surface area contributed by atoms with E-state index < -0.39 is 5.97 Å². The molecule has 1 fully saturated rings. The zero-order valence-corrected chi connectivity index (χ0v) is 12.7. The van der Waals surface area contributed by atoms with Crippen LogP contribution in [0.4, 0.5) is 10.5 Å². The summed E-state index contributed by atoms with van der Waals surface area (Å²) in [5, 5.41) is 14.6. The number of amides is 2. The Morgan fingerprint density at radius 3 is 2.85 bits per heavy atom. The van der Waals surface area contributed by atoms with Gasteiger partial charge in [0.15, 0.2) is 0 Å². The zero-order valence-electron chi connectivity index (χ0n) is 11.1. The molecule has 2 amide bonds. The second-order valence-corrected chi connectivity index (χ2v) is 5.84. The summed E-state index contributed by atoms with van der Waals surface area (Å²) in [6, 6.07) is 4.67. The first-order valence-electron chi connectivity index (χ1n) is 6.61. The van der Waals surface area contributed by atoms with E-state index in [9.17, 15) is 9.59 Å². The number of aromatic carboxylic acids is 1. The summed E-state index contributed by atoms with van der Waals surface area (Å²) in [6.45, 7) is 2.13. The maximum Gasteiger partial charge on any atom is 0.336 e. The van der Waals surface area contributed by atoms with E-state index >= 15 is 0 Å². The molecular weight excluding hydrogens is 324 g/mol. The Bertz CT molecular complexity index is 533. The second kappa shape index (κ2) is 6.26. The molecule has 1 saturated carbocycles. The smallest absolute Gasteiger partial charge is 0.336 e. The Morgan fingerprint density at radius 1 is 1.45 bits per heavy atom. The number of carboxylic acids is 1. The Morgan fingerprint density at radius 2 is 2.20 bits per heavy atom. The molecular formula is C14H17BrN2O3. The van der Waals surface area contributed by atoms with Crippen molar-refractivity contribution in [3.63, 3.8) is 0 Å². The van der Waals surface area contributed by atoms with Crippen molar-refractivity contribution in [2.24, 2.45) is 5.92 Å². The predicted molar refractivity (Wildman–Crippen MR) is 80.1 cm³/mol. The quantitative estimate of drug-likeness (QED) is 0.767. The third-order valence-corrected chi connectivity index (χ3v) is 4.04. The van der Waals surface area contributed by atoms with Gasteiger partial charge in [0.25, 0.3) is 0 Å². The summed E-state index contributed by atoms with van der Waals surface area (Å²) < 4.78 is 0.487. The van der Waals surface area contributed by atoms with Crippen molar-refractivity contribution in [2.75, 3.05) is 5.32 Å². The highest BCUT2D eigenvalue weighted by atomic mass is 79.9. The number of halogens is 1. The lowest BCUT2D eigenvalue weighted by Crippen LogP contribution is -2.31. The van der Waals surface area contributed by atoms with Crippen LogP contribution in [-0.2, 0) is 0 Å². The summed E-state index contributed by atoms with van der Waals surface area (Å²) in [5.74, 6) is -0.448. The maximum atomic E-state index is 11.8. The molecule has 5 nitrogen and oxygen atoms in total. The molecule has 1 aliphatic rings. The third kappa shape index (κ3) is 3.72. The van der Waals surface area contributed by atoms with Crippen LogP contribution in [0.25, 0.3) is 0 Å². The Kier molecular flexibility index (Phi) is 4.65. The van der Waals surface area contributed by atoms with Gasteiger partial charge in [-0.25, -0.2) is 9.59 Å². The van der Waals surface area contributed by atoms with Gasteiger partial charge in [0.05, 0.1) is 5.56 Å². The van der Waals surface area contributed by atoms with Crippen LogP contribution in [0.5, 0.6) is 0 Å². The summed E-state index contributed by atoms with van der Waals surface area (Å²) in [7, 11) is 0. The topological polar surface area (TPSA) is 78.4 Å². The van der Waals surface area contributed by atoms with E-state index in [-0.39, 0.29) is 17.6 Å². The van der Waals surface area contributed by atoms with Gasteiger partial charge in [-0.1, -0.05) is 13.3 Å². The van der Waals surface area contributed by atoms with E-state index in [0.29, 0.717) is 16.1 Å². The maximum absolute atomic E-state index is 11.8. The highest BCUT2D eigenvalue weighted by Gasteiger charge is 2.37. The van der Waals surface area contributed by atoms with Crippen molar-refractivity contribution in [1.82, 2.24) is 5.32 Å². The first-order valence-corrected chi connectivity index (χ1v) is 7.41. The lowest BCUT2D eigenvalue weighted by molar-refractivity contribution is 0.0696. The van der Waals surface area contributed by atoms with E-state index in [4.69, 9.17) is 5.11 Å². The zero-order chi connectivity index (χ0) is 14.7. The van der Waals surface area contributed by atoms with Crippen LogP contribution in [0.15, 0.2) is 22.7 Å². The van der Waals surface area contributed by atoms with Crippen LogP contribution in [0, 0.1) is 5.92 Å². The summed E-state index contributed by atoms with van der Waals surface area (Å²) in [5.41, 5.74) is 0.592. The van der Waals surface area contributed by atoms with E-state index in [0.717, 1.165) is 19.3 Å². The summed E-state index contributed by atoms with van der Waals surface area (Å²) in [4.78, 5) is 22.8. The minimum Gasteiger partial charge on any atom is -0.478 e. The van der Waals surface area contributed by atoms with Gasteiger partial charge in [-0.3, -0.25) is 0 Å². The van der Waals surface area contributed by atoms with Crippen molar-refractivity contribution in [3.8, 4) is 0 Å². The van der Waals surface area contributed by atoms with Crippen LogP contribution >= 0.6 is 15.9 Å². The lowest BCUT2D eigenvalue weighted by atomic mass is 10.2. The first-order chi connectivity index (χ1) is 9.51. The number of anilines is 1. The number of hydrogen-bond acceptors (Lipinski definition) is 2. The minimum absolute atomic E-state index is 0.123.